The second kappa shape index (κ2) is 5.82. The largest absolute Gasteiger partial charge is 0.381 e. The second-order valence-electron chi connectivity index (χ2n) is 5.57. The van der Waals surface area contributed by atoms with Gasteiger partial charge >= 0.3 is 0 Å². The molecule has 2 aromatic carbocycles. The predicted molar refractivity (Wildman–Crippen MR) is 90.3 cm³/mol. The molecule has 2 aliphatic rings. The molecule has 2 aliphatic heterocycles. The van der Waals surface area contributed by atoms with E-state index in [4.69, 9.17) is 28.0 Å². The van der Waals surface area contributed by atoms with E-state index in [2.05, 4.69) is 5.16 Å². The molecule has 2 amide bonds. The Morgan fingerprint density at radius 1 is 1.04 bits per heavy atom. The van der Waals surface area contributed by atoms with Crippen molar-refractivity contribution in [2.75, 3.05) is 4.90 Å². The van der Waals surface area contributed by atoms with E-state index in [0.29, 0.717) is 16.3 Å². The van der Waals surface area contributed by atoms with Gasteiger partial charge in [0.15, 0.2) is 0 Å². The Bertz CT molecular complexity index is 947. The van der Waals surface area contributed by atoms with Crippen molar-refractivity contribution >= 4 is 46.4 Å². The van der Waals surface area contributed by atoms with Crippen LogP contribution in [0.1, 0.15) is 5.56 Å². The first-order chi connectivity index (χ1) is 12.0. The first-order valence-corrected chi connectivity index (χ1v) is 8.06. The molecule has 1 fully saturated rings. The molecule has 0 aromatic heterocycles. The molecule has 2 aromatic rings. The topological polar surface area (TPSA) is 59.0 Å². The Kier molecular flexibility index (Phi) is 3.74. The summed E-state index contributed by atoms with van der Waals surface area (Å²) in [7, 11) is 0. The maximum Gasteiger partial charge on any atom is 0.278 e. The van der Waals surface area contributed by atoms with Crippen LogP contribution in [0.15, 0.2) is 47.6 Å². The van der Waals surface area contributed by atoms with Crippen LogP contribution in [0.2, 0.25) is 10.0 Å². The molecule has 0 radical (unpaired) electrons. The van der Waals surface area contributed by atoms with Gasteiger partial charge in [-0.3, -0.25) is 9.59 Å². The van der Waals surface area contributed by atoms with Gasteiger partial charge < -0.3 is 4.84 Å². The summed E-state index contributed by atoms with van der Waals surface area (Å²) in [6.07, 6.45) is -1.07. The Hall–Kier alpha value is -2.44. The summed E-state index contributed by atoms with van der Waals surface area (Å²) >= 11 is 11.9. The zero-order valence-electron chi connectivity index (χ0n) is 12.4. The number of nitrogens with zero attached hydrogens (tertiary/aromatic N) is 2. The number of halogens is 3. The predicted octanol–water partition coefficient (Wildman–Crippen LogP) is 3.43. The van der Waals surface area contributed by atoms with E-state index in [1.165, 1.54) is 12.1 Å². The molecular formula is C17H9Cl2FN2O3. The van der Waals surface area contributed by atoms with Gasteiger partial charge in [0.2, 0.25) is 12.0 Å². The number of oxime groups is 1. The Balaban J connectivity index is 1.74. The van der Waals surface area contributed by atoms with E-state index in [1.54, 1.807) is 24.3 Å². The lowest BCUT2D eigenvalue weighted by Crippen LogP contribution is -2.33. The minimum atomic E-state index is -1.07. The van der Waals surface area contributed by atoms with E-state index >= 15 is 0 Å². The van der Waals surface area contributed by atoms with Gasteiger partial charge in [0.25, 0.3) is 5.91 Å². The molecule has 0 N–H and O–H groups in total. The number of carbonyl (C=O) groups is 2. The maximum absolute atomic E-state index is 13.4. The second-order valence-corrected chi connectivity index (χ2v) is 6.38. The van der Waals surface area contributed by atoms with Gasteiger partial charge in [-0.05, 0) is 24.3 Å². The third-order valence-electron chi connectivity index (χ3n) is 4.12. The van der Waals surface area contributed by atoms with Crippen LogP contribution in [0.25, 0.3) is 0 Å². The molecule has 0 bridgehead atoms. The van der Waals surface area contributed by atoms with Crippen molar-refractivity contribution in [3.63, 3.8) is 0 Å². The lowest BCUT2D eigenvalue weighted by molar-refractivity contribution is -0.126. The molecule has 2 atom stereocenters. The summed E-state index contributed by atoms with van der Waals surface area (Å²) in [6, 6.07) is 10.5. The molecule has 1 saturated heterocycles. The SMILES string of the molecule is O=C1C2ON=C(c3ccccc3Cl)C2C(=O)N1c1ccc(F)c(Cl)c1. The molecule has 0 spiro atoms. The number of benzene rings is 2. The first kappa shape index (κ1) is 16.1. The smallest absolute Gasteiger partial charge is 0.278 e. The quantitative estimate of drug-likeness (QED) is 0.752. The third kappa shape index (κ3) is 2.41. The summed E-state index contributed by atoms with van der Waals surface area (Å²) < 4.78 is 13.4. The van der Waals surface area contributed by atoms with Gasteiger partial charge in [-0.15, -0.1) is 0 Å². The monoisotopic (exact) mass is 378 g/mol. The third-order valence-corrected chi connectivity index (χ3v) is 4.74. The van der Waals surface area contributed by atoms with Gasteiger partial charge in [-0.2, -0.15) is 0 Å². The molecular weight excluding hydrogens is 370 g/mol. The fraction of sp³-hybridized carbons (Fsp3) is 0.118. The van der Waals surface area contributed by atoms with Crippen LogP contribution in [0.3, 0.4) is 0 Å². The lowest BCUT2D eigenvalue weighted by Gasteiger charge is -2.16. The van der Waals surface area contributed by atoms with Crippen LogP contribution in [0, 0.1) is 11.7 Å². The van der Waals surface area contributed by atoms with Gasteiger partial charge in [0, 0.05) is 10.6 Å². The summed E-state index contributed by atoms with van der Waals surface area (Å²) in [5, 5.41) is 4.10. The average molecular weight is 379 g/mol. The number of hydrogen-bond acceptors (Lipinski definition) is 4. The van der Waals surface area contributed by atoms with Crippen molar-refractivity contribution in [3.05, 3.63) is 63.9 Å². The Labute approximate surface area is 151 Å². The van der Waals surface area contributed by atoms with Crippen molar-refractivity contribution in [2.45, 2.75) is 6.10 Å². The Morgan fingerprint density at radius 3 is 2.52 bits per heavy atom. The highest BCUT2D eigenvalue weighted by molar-refractivity contribution is 6.38. The summed E-state index contributed by atoms with van der Waals surface area (Å²) in [4.78, 5) is 31.6. The van der Waals surface area contributed by atoms with Crippen molar-refractivity contribution in [2.24, 2.45) is 11.1 Å². The molecule has 0 aliphatic carbocycles. The zero-order chi connectivity index (χ0) is 17.7. The molecule has 5 nitrogen and oxygen atoms in total. The van der Waals surface area contributed by atoms with E-state index < -0.39 is 29.7 Å². The van der Waals surface area contributed by atoms with Crippen LogP contribution >= 0.6 is 23.2 Å². The highest BCUT2D eigenvalue weighted by Crippen LogP contribution is 2.37. The van der Waals surface area contributed by atoms with E-state index in [-0.39, 0.29) is 10.7 Å². The molecule has 2 unspecified atom stereocenters. The molecule has 4 rings (SSSR count). The summed E-state index contributed by atoms with van der Waals surface area (Å²) in [5.41, 5.74) is 0.999. The van der Waals surface area contributed by atoms with Crippen LogP contribution in [-0.2, 0) is 14.4 Å². The van der Waals surface area contributed by atoms with Gasteiger partial charge in [-0.25, -0.2) is 9.29 Å². The van der Waals surface area contributed by atoms with Crippen LogP contribution < -0.4 is 4.90 Å². The lowest BCUT2D eigenvalue weighted by atomic mass is 9.94. The Morgan fingerprint density at radius 2 is 1.80 bits per heavy atom. The molecule has 8 heteroatoms. The van der Waals surface area contributed by atoms with E-state index in [9.17, 15) is 14.0 Å². The molecule has 25 heavy (non-hydrogen) atoms. The van der Waals surface area contributed by atoms with Gasteiger partial charge in [0.1, 0.15) is 17.4 Å². The van der Waals surface area contributed by atoms with Crippen molar-refractivity contribution in [3.8, 4) is 0 Å². The van der Waals surface area contributed by atoms with E-state index in [1.807, 2.05) is 0 Å². The van der Waals surface area contributed by atoms with Crippen LogP contribution in [0.5, 0.6) is 0 Å². The number of fused-ring (bicyclic) bond motifs is 1. The minimum Gasteiger partial charge on any atom is -0.381 e. The standard InChI is InChI=1S/C17H9Cl2FN2O3/c18-10-4-2-1-3-9(10)14-13-15(25-21-14)17(24)22(16(13)23)8-5-6-12(20)11(19)7-8/h1-7,13,15H. The molecule has 2 heterocycles. The van der Waals surface area contributed by atoms with Crippen LogP contribution in [0.4, 0.5) is 10.1 Å². The minimum absolute atomic E-state index is 0.179. The first-order valence-electron chi connectivity index (χ1n) is 7.30. The van der Waals surface area contributed by atoms with Gasteiger partial charge in [-0.1, -0.05) is 46.6 Å². The molecule has 0 saturated carbocycles. The van der Waals surface area contributed by atoms with E-state index in [0.717, 1.165) is 11.0 Å². The fourth-order valence-corrected chi connectivity index (χ4v) is 3.36. The fourth-order valence-electron chi connectivity index (χ4n) is 2.95. The highest BCUT2D eigenvalue weighted by atomic mass is 35.5. The number of imide groups is 1. The maximum atomic E-state index is 13.4. The van der Waals surface area contributed by atoms with Gasteiger partial charge in [0.05, 0.1) is 10.7 Å². The van der Waals surface area contributed by atoms with Crippen molar-refractivity contribution < 1.29 is 18.8 Å². The van der Waals surface area contributed by atoms with Crippen molar-refractivity contribution in [1.82, 2.24) is 0 Å². The summed E-state index contributed by atoms with van der Waals surface area (Å²) in [5.74, 6) is -2.65. The van der Waals surface area contributed by atoms with Crippen LogP contribution in [-0.4, -0.2) is 23.6 Å². The number of carbonyl (C=O) groups excluding carboxylic acids is 2. The normalized spacial score (nSPS) is 22.0. The summed E-state index contributed by atoms with van der Waals surface area (Å²) in [6.45, 7) is 0. The number of amides is 2. The number of rotatable bonds is 2. The molecule has 126 valence electrons. The average Bonchev–Trinajstić information content (AvgIpc) is 3.12. The number of hydrogen-bond donors (Lipinski definition) is 0. The zero-order valence-corrected chi connectivity index (χ0v) is 14.0. The van der Waals surface area contributed by atoms with Crippen molar-refractivity contribution in [1.29, 1.82) is 0 Å². The number of anilines is 1. The highest BCUT2D eigenvalue weighted by Gasteiger charge is 2.56.